The van der Waals surface area contributed by atoms with E-state index in [0.717, 1.165) is 24.0 Å². The van der Waals surface area contributed by atoms with E-state index >= 15 is 0 Å². The first-order chi connectivity index (χ1) is 9.20. The zero-order chi connectivity index (χ0) is 13.2. The van der Waals surface area contributed by atoms with Crippen LogP contribution in [0.15, 0.2) is 42.5 Å². The molecule has 0 saturated heterocycles. The number of nitrogen functional groups attached to an aromatic ring is 1. The van der Waals surface area contributed by atoms with Gasteiger partial charge in [-0.25, -0.2) is 4.98 Å². The predicted octanol–water partition coefficient (Wildman–Crippen LogP) is 3.97. The second kappa shape index (κ2) is 5.02. The molecule has 2 N–H and O–H groups in total. The molecule has 0 fully saturated rings. The molecule has 0 unspecified atom stereocenters. The van der Waals surface area contributed by atoms with Crippen LogP contribution in [0.2, 0.25) is 0 Å². The highest BCUT2D eigenvalue weighted by Gasteiger charge is 2.04. The third-order valence-electron chi connectivity index (χ3n) is 3.17. The van der Waals surface area contributed by atoms with Gasteiger partial charge in [0.05, 0.1) is 15.2 Å². The molecule has 3 rings (SSSR count). The monoisotopic (exact) mass is 268 g/mol. The Kier molecular flexibility index (Phi) is 3.22. The average Bonchev–Trinajstić information content (AvgIpc) is 2.78. The van der Waals surface area contributed by atoms with Crippen molar-refractivity contribution in [2.24, 2.45) is 0 Å². The Morgan fingerprint density at radius 3 is 2.84 bits per heavy atom. The molecule has 3 heteroatoms. The Bertz CT molecular complexity index is 716. The van der Waals surface area contributed by atoms with E-state index in [0.29, 0.717) is 0 Å². The lowest BCUT2D eigenvalue weighted by molar-refractivity contribution is 0.949. The maximum Gasteiger partial charge on any atom is 0.0941 e. The molecule has 1 heterocycles. The van der Waals surface area contributed by atoms with Crippen molar-refractivity contribution in [1.29, 1.82) is 0 Å². The summed E-state index contributed by atoms with van der Waals surface area (Å²) in [5.74, 6) is 0. The van der Waals surface area contributed by atoms with Gasteiger partial charge in [0.25, 0.3) is 0 Å². The van der Waals surface area contributed by atoms with E-state index in [9.17, 15) is 0 Å². The van der Waals surface area contributed by atoms with Crippen molar-refractivity contribution in [3.63, 3.8) is 0 Å². The van der Waals surface area contributed by atoms with E-state index in [-0.39, 0.29) is 0 Å². The minimum atomic E-state index is 0.831. The van der Waals surface area contributed by atoms with Crippen molar-refractivity contribution in [2.45, 2.75) is 19.8 Å². The van der Waals surface area contributed by atoms with E-state index in [1.165, 1.54) is 20.8 Å². The number of thiazole rings is 1. The van der Waals surface area contributed by atoms with E-state index in [1.54, 1.807) is 11.3 Å². The van der Waals surface area contributed by atoms with Crippen molar-refractivity contribution in [3.8, 4) is 0 Å². The third kappa shape index (κ3) is 2.76. The number of aromatic nitrogens is 1. The summed E-state index contributed by atoms with van der Waals surface area (Å²) in [4.78, 5) is 4.68. The maximum absolute atomic E-state index is 5.79. The SMILES string of the molecule is Cc1ccc2nc(CCc3cccc(N)c3)sc2c1. The zero-order valence-electron chi connectivity index (χ0n) is 10.9. The number of aryl methyl sites for hydroxylation is 3. The van der Waals surface area contributed by atoms with Crippen LogP contribution in [-0.2, 0) is 12.8 Å². The Labute approximate surface area is 116 Å². The van der Waals surface area contributed by atoms with Gasteiger partial charge in [0.1, 0.15) is 0 Å². The van der Waals surface area contributed by atoms with Gasteiger partial charge in [0.15, 0.2) is 0 Å². The first-order valence-electron chi connectivity index (χ1n) is 6.41. The molecule has 0 saturated carbocycles. The van der Waals surface area contributed by atoms with Gasteiger partial charge < -0.3 is 5.73 Å². The number of nitrogens with two attached hydrogens (primary N) is 1. The van der Waals surface area contributed by atoms with Gasteiger partial charge in [0.2, 0.25) is 0 Å². The number of rotatable bonds is 3. The Morgan fingerprint density at radius 1 is 1.11 bits per heavy atom. The van der Waals surface area contributed by atoms with Crippen molar-refractivity contribution in [2.75, 3.05) is 5.73 Å². The van der Waals surface area contributed by atoms with Gasteiger partial charge >= 0.3 is 0 Å². The van der Waals surface area contributed by atoms with Crippen LogP contribution >= 0.6 is 11.3 Å². The van der Waals surface area contributed by atoms with Crippen LogP contribution in [0.3, 0.4) is 0 Å². The maximum atomic E-state index is 5.79. The summed E-state index contributed by atoms with van der Waals surface area (Å²) in [5, 5.41) is 1.20. The van der Waals surface area contributed by atoms with E-state index in [2.05, 4.69) is 36.2 Å². The van der Waals surface area contributed by atoms with Crippen molar-refractivity contribution in [3.05, 3.63) is 58.6 Å². The molecule has 0 atom stereocenters. The second-order valence-corrected chi connectivity index (χ2v) is 5.94. The Balaban J connectivity index is 1.78. The molecule has 0 spiro atoms. The highest BCUT2D eigenvalue weighted by Crippen LogP contribution is 2.24. The van der Waals surface area contributed by atoms with Crippen LogP contribution in [0.5, 0.6) is 0 Å². The van der Waals surface area contributed by atoms with Crippen LogP contribution in [0.4, 0.5) is 5.69 Å². The van der Waals surface area contributed by atoms with Crippen molar-refractivity contribution in [1.82, 2.24) is 4.98 Å². The van der Waals surface area contributed by atoms with Gasteiger partial charge in [-0.15, -0.1) is 11.3 Å². The first kappa shape index (κ1) is 12.2. The molecule has 0 aliphatic carbocycles. The lowest BCUT2D eigenvalue weighted by atomic mass is 10.1. The second-order valence-electron chi connectivity index (χ2n) is 4.82. The Morgan fingerprint density at radius 2 is 2.00 bits per heavy atom. The predicted molar refractivity (Wildman–Crippen MR) is 82.6 cm³/mol. The first-order valence-corrected chi connectivity index (χ1v) is 7.23. The lowest BCUT2D eigenvalue weighted by Crippen LogP contribution is -1.92. The largest absolute Gasteiger partial charge is 0.399 e. The van der Waals surface area contributed by atoms with E-state index < -0.39 is 0 Å². The molecule has 96 valence electrons. The Hall–Kier alpha value is -1.87. The minimum absolute atomic E-state index is 0.831. The van der Waals surface area contributed by atoms with Crippen LogP contribution in [0, 0.1) is 6.92 Å². The summed E-state index contributed by atoms with van der Waals surface area (Å²) in [5.41, 5.74) is 10.3. The highest BCUT2D eigenvalue weighted by molar-refractivity contribution is 7.18. The quantitative estimate of drug-likeness (QED) is 0.730. The van der Waals surface area contributed by atoms with E-state index in [1.807, 2.05) is 18.2 Å². The topological polar surface area (TPSA) is 38.9 Å². The molecular formula is C16H16N2S. The van der Waals surface area contributed by atoms with Gasteiger partial charge in [0, 0.05) is 12.1 Å². The normalized spacial score (nSPS) is 11.0. The molecule has 2 nitrogen and oxygen atoms in total. The summed E-state index contributed by atoms with van der Waals surface area (Å²) in [6.45, 7) is 2.12. The average molecular weight is 268 g/mol. The molecule has 0 aliphatic heterocycles. The van der Waals surface area contributed by atoms with Crippen LogP contribution in [0.25, 0.3) is 10.2 Å². The smallest absolute Gasteiger partial charge is 0.0941 e. The fraction of sp³-hybridized carbons (Fsp3) is 0.188. The number of nitrogens with zero attached hydrogens (tertiary/aromatic N) is 1. The van der Waals surface area contributed by atoms with Gasteiger partial charge in [-0.3, -0.25) is 0 Å². The van der Waals surface area contributed by atoms with Gasteiger partial charge in [-0.05, 0) is 48.7 Å². The molecule has 2 aromatic carbocycles. The van der Waals surface area contributed by atoms with Crippen LogP contribution < -0.4 is 5.73 Å². The fourth-order valence-electron chi connectivity index (χ4n) is 2.19. The summed E-state index contributed by atoms with van der Waals surface area (Å²) >= 11 is 1.79. The summed E-state index contributed by atoms with van der Waals surface area (Å²) in [6.07, 6.45) is 1.96. The molecule has 0 aliphatic rings. The molecule has 1 aromatic heterocycles. The molecular weight excluding hydrogens is 252 g/mol. The summed E-state index contributed by atoms with van der Waals surface area (Å²) in [6, 6.07) is 14.5. The molecule has 3 aromatic rings. The van der Waals surface area contributed by atoms with Crippen LogP contribution in [0.1, 0.15) is 16.1 Å². The number of fused-ring (bicyclic) bond motifs is 1. The standard InChI is InChI=1S/C16H16N2S/c1-11-5-7-14-15(9-11)19-16(18-14)8-6-12-3-2-4-13(17)10-12/h2-5,7,9-10H,6,8,17H2,1H3. The van der Waals surface area contributed by atoms with Gasteiger partial charge in [-0.2, -0.15) is 0 Å². The minimum Gasteiger partial charge on any atom is -0.399 e. The molecule has 19 heavy (non-hydrogen) atoms. The highest BCUT2D eigenvalue weighted by atomic mass is 32.1. The molecule has 0 amide bonds. The number of hydrogen-bond donors (Lipinski definition) is 1. The fourth-order valence-corrected chi connectivity index (χ4v) is 3.25. The number of benzene rings is 2. The van der Waals surface area contributed by atoms with E-state index in [4.69, 9.17) is 5.73 Å². The third-order valence-corrected chi connectivity index (χ3v) is 4.24. The summed E-state index contributed by atoms with van der Waals surface area (Å²) in [7, 11) is 0. The van der Waals surface area contributed by atoms with Crippen LogP contribution in [-0.4, -0.2) is 4.98 Å². The van der Waals surface area contributed by atoms with Crippen molar-refractivity contribution < 1.29 is 0 Å². The number of hydrogen-bond acceptors (Lipinski definition) is 3. The molecule has 0 radical (unpaired) electrons. The van der Waals surface area contributed by atoms with Crippen molar-refractivity contribution >= 4 is 27.2 Å². The van der Waals surface area contributed by atoms with Gasteiger partial charge in [-0.1, -0.05) is 18.2 Å². The molecule has 0 bridgehead atoms. The number of anilines is 1. The zero-order valence-corrected chi connectivity index (χ0v) is 11.7. The lowest BCUT2D eigenvalue weighted by Gasteiger charge is -2.00. The summed E-state index contributed by atoms with van der Waals surface area (Å²) < 4.78 is 1.28.